The summed E-state index contributed by atoms with van der Waals surface area (Å²) in [4.78, 5) is 22.8. The molecule has 7 heteroatoms. The smallest absolute Gasteiger partial charge is 0.408 e. The second kappa shape index (κ2) is 8.03. The third kappa shape index (κ3) is 4.74. The van der Waals surface area contributed by atoms with Crippen molar-refractivity contribution in [2.75, 3.05) is 13.7 Å². The second-order valence-corrected chi connectivity index (χ2v) is 5.75. The molecule has 1 aliphatic heterocycles. The average molecular weight is 337 g/mol. The number of rotatable bonds is 5. The van der Waals surface area contributed by atoms with Gasteiger partial charge in [-0.3, -0.25) is 0 Å². The van der Waals surface area contributed by atoms with E-state index in [9.17, 15) is 9.59 Å². The largest absolute Gasteiger partial charge is 0.467 e. The van der Waals surface area contributed by atoms with E-state index in [0.29, 0.717) is 13.0 Å². The highest BCUT2D eigenvalue weighted by atomic mass is 32.1. The lowest BCUT2D eigenvalue weighted by Gasteiger charge is -2.35. The van der Waals surface area contributed by atoms with Crippen molar-refractivity contribution in [2.24, 2.45) is 0 Å². The molecule has 1 aliphatic rings. The third-order valence-electron chi connectivity index (χ3n) is 3.37. The maximum absolute atomic E-state index is 12.0. The van der Waals surface area contributed by atoms with Crippen LogP contribution in [0.4, 0.5) is 4.79 Å². The van der Waals surface area contributed by atoms with Crippen LogP contribution in [-0.4, -0.2) is 36.8 Å². The van der Waals surface area contributed by atoms with E-state index in [1.165, 1.54) is 7.11 Å². The van der Waals surface area contributed by atoms with Gasteiger partial charge in [0.2, 0.25) is 0 Å². The Labute approximate surface area is 140 Å². The summed E-state index contributed by atoms with van der Waals surface area (Å²) in [6.45, 7) is 0.401. The molecule has 0 aromatic heterocycles. The van der Waals surface area contributed by atoms with Crippen LogP contribution in [0.2, 0.25) is 0 Å². The van der Waals surface area contributed by atoms with Crippen molar-refractivity contribution in [3.63, 3.8) is 0 Å². The molecule has 1 N–H and O–H groups in total. The lowest BCUT2D eigenvalue weighted by Crippen LogP contribution is -2.56. The number of carbonyl (C=O) groups is 2. The molecule has 2 rings (SSSR count). The Kier molecular flexibility index (Phi) is 6.06. The summed E-state index contributed by atoms with van der Waals surface area (Å²) in [5.74, 6) is -0.646. The molecule has 2 atom stereocenters. The SMILES string of the molecule is COC(=O)C(NC(=O)OCc1ccccc1)C1(S)CC=CCO1. The topological polar surface area (TPSA) is 73.9 Å². The average Bonchev–Trinajstić information content (AvgIpc) is 2.58. The third-order valence-corrected chi connectivity index (χ3v) is 3.94. The van der Waals surface area contributed by atoms with Gasteiger partial charge in [-0.25, -0.2) is 9.59 Å². The molecule has 2 unspecified atom stereocenters. The number of esters is 1. The molecule has 0 radical (unpaired) electrons. The molecule has 0 spiro atoms. The number of carbonyl (C=O) groups excluding carboxylic acids is 2. The van der Waals surface area contributed by atoms with Crippen molar-refractivity contribution >= 4 is 24.7 Å². The number of nitrogens with one attached hydrogen (secondary N) is 1. The summed E-state index contributed by atoms with van der Waals surface area (Å²) >= 11 is 4.41. The van der Waals surface area contributed by atoms with Gasteiger partial charge in [-0.2, -0.15) is 0 Å². The minimum Gasteiger partial charge on any atom is -0.467 e. The minimum absolute atomic E-state index is 0.0981. The summed E-state index contributed by atoms with van der Waals surface area (Å²) in [5, 5.41) is 2.48. The molecular weight excluding hydrogens is 318 g/mol. The Bertz CT molecular complexity index is 577. The van der Waals surface area contributed by atoms with Gasteiger partial charge in [0.25, 0.3) is 0 Å². The molecule has 6 nitrogen and oxygen atoms in total. The highest BCUT2D eigenvalue weighted by Crippen LogP contribution is 2.29. The Morgan fingerprint density at radius 1 is 1.35 bits per heavy atom. The van der Waals surface area contributed by atoms with Crippen LogP contribution >= 0.6 is 12.6 Å². The molecule has 23 heavy (non-hydrogen) atoms. The predicted molar refractivity (Wildman–Crippen MR) is 87.0 cm³/mol. The van der Waals surface area contributed by atoms with Crippen LogP contribution in [-0.2, 0) is 25.6 Å². The number of thiol groups is 1. The van der Waals surface area contributed by atoms with E-state index in [1.807, 2.05) is 42.5 Å². The molecule has 0 aliphatic carbocycles. The minimum atomic E-state index is -1.17. The quantitative estimate of drug-likeness (QED) is 0.489. The lowest BCUT2D eigenvalue weighted by molar-refractivity contribution is -0.148. The van der Waals surface area contributed by atoms with Gasteiger partial charge in [0, 0.05) is 6.42 Å². The fourth-order valence-electron chi connectivity index (χ4n) is 2.13. The molecule has 1 aromatic rings. The van der Waals surface area contributed by atoms with Crippen molar-refractivity contribution in [1.29, 1.82) is 0 Å². The molecular formula is C16H19NO5S. The molecule has 0 saturated heterocycles. The number of hydrogen-bond donors (Lipinski definition) is 2. The molecule has 124 valence electrons. The molecule has 0 saturated carbocycles. The van der Waals surface area contributed by atoms with Crippen molar-refractivity contribution in [2.45, 2.75) is 24.0 Å². The van der Waals surface area contributed by atoms with E-state index in [1.54, 1.807) is 0 Å². The monoisotopic (exact) mass is 337 g/mol. The van der Waals surface area contributed by atoms with Gasteiger partial charge in [0.1, 0.15) is 11.5 Å². The summed E-state index contributed by atoms with van der Waals surface area (Å²) in [6.07, 6.45) is 3.27. The lowest BCUT2D eigenvalue weighted by atomic mass is 10.1. The number of amides is 1. The Hall–Kier alpha value is -1.99. The van der Waals surface area contributed by atoms with Crippen LogP contribution < -0.4 is 5.32 Å². The zero-order valence-corrected chi connectivity index (χ0v) is 13.6. The number of methoxy groups -OCH3 is 1. The van der Waals surface area contributed by atoms with Crippen LogP contribution in [0.25, 0.3) is 0 Å². The normalized spacial score (nSPS) is 21.3. The van der Waals surface area contributed by atoms with Gasteiger partial charge in [0.15, 0.2) is 6.04 Å². The van der Waals surface area contributed by atoms with Crippen LogP contribution in [0.15, 0.2) is 42.5 Å². The first kappa shape index (κ1) is 17.4. The Morgan fingerprint density at radius 3 is 2.70 bits per heavy atom. The zero-order chi connectivity index (χ0) is 16.7. The van der Waals surface area contributed by atoms with E-state index in [0.717, 1.165) is 5.56 Å². The fraction of sp³-hybridized carbons (Fsp3) is 0.375. The maximum Gasteiger partial charge on any atom is 0.408 e. The fourth-order valence-corrected chi connectivity index (χ4v) is 2.48. The van der Waals surface area contributed by atoms with Gasteiger partial charge in [-0.15, -0.1) is 12.6 Å². The predicted octanol–water partition coefficient (Wildman–Crippen LogP) is 2.06. The molecule has 0 bridgehead atoms. The molecule has 1 aromatic carbocycles. The van der Waals surface area contributed by atoms with Gasteiger partial charge in [-0.1, -0.05) is 42.5 Å². The zero-order valence-electron chi connectivity index (χ0n) is 12.7. The van der Waals surface area contributed by atoms with Crippen molar-refractivity contribution in [1.82, 2.24) is 5.32 Å². The van der Waals surface area contributed by atoms with Crippen molar-refractivity contribution < 1.29 is 23.8 Å². The first-order valence-electron chi connectivity index (χ1n) is 7.11. The van der Waals surface area contributed by atoms with E-state index in [2.05, 4.69) is 17.9 Å². The Balaban J connectivity index is 1.98. The summed E-state index contributed by atoms with van der Waals surface area (Å²) in [5.41, 5.74) is 0.842. The summed E-state index contributed by atoms with van der Waals surface area (Å²) in [7, 11) is 1.24. The first-order chi connectivity index (χ1) is 11.0. The molecule has 1 amide bonds. The van der Waals surface area contributed by atoms with Gasteiger partial charge in [0.05, 0.1) is 13.7 Å². The van der Waals surface area contributed by atoms with E-state index in [-0.39, 0.29) is 6.61 Å². The molecule has 0 fully saturated rings. The van der Waals surface area contributed by atoms with Crippen LogP contribution in [0, 0.1) is 0 Å². The first-order valence-corrected chi connectivity index (χ1v) is 7.56. The number of benzene rings is 1. The summed E-state index contributed by atoms with van der Waals surface area (Å²) in [6, 6.07) is 8.15. The number of hydrogen-bond acceptors (Lipinski definition) is 6. The van der Waals surface area contributed by atoms with Crippen LogP contribution in [0.3, 0.4) is 0 Å². The standard InChI is InChI=1S/C16H19NO5S/c1-20-14(18)13(16(23)9-5-6-10-22-16)17-15(19)21-11-12-7-3-2-4-8-12/h2-8,13,23H,9-11H2,1H3,(H,17,19). The summed E-state index contributed by atoms with van der Waals surface area (Å²) < 4.78 is 15.4. The van der Waals surface area contributed by atoms with Gasteiger partial charge in [-0.05, 0) is 5.56 Å². The number of alkyl carbamates (subject to hydrolysis) is 1. The van der Waals surface area contributed by atoms with E-state index in [4.69, 9.17) is 14.2 Å². The highest BCUT2D eigenvalue weighted by molar-refractivity contribution is 7.81. The Morgan fingerprint density at radius 2 is 2.09 bits per heavy atom. The highest BCUT2D eigenvalue weighted by Gasteiger charge is 2.43. The van der Waals surface area contributed by atoms with Crippen LogP contribution in [0.1, 0.15) is 12.0 Å². The number of ether oxygens (including phenoxy) is 3. The molecule has 1 heterocycles. The van der Waals surface area contributed by atoms with E-state index < -0.39 is 23.0 Å². The van der Waals surface area contributed by atoms with Gasteiger partial charge >= 0.3 is 12.1 Å². The van der Waals surface area contributed by atoms with Crippen molar-refractivity contribution in [3.8, 4) is 0 Å². The van der Waals surface area contributed by atoms with Gasteiger partial charge < -0.3 is 19.5 Å². The second-order valence-electron chi connectivity index (χ2n) is 4.99. The maximum atomic E-state index is 12.0. The van der Waals surface area contributed by atoms with Crippen LogP contribution in [0.5, 0.6) is 0 Å². The van der Waals surface area contributed by atoms with E-state index >= 15 is 0 Å². The van der Waals surface area contributed by atoms with Crippen molar-refractivity contribution in [3.05, 3.63) is 48.0 Å².